The van der Waals surface area contributed by atoms with Crippen molar-refractivity contribution in [2.24, 2.45) is 0 Å². The van der Waals surface area contributed by atoms with Gasteiger partial charge in [-0.05, 0) is 30.0 Å². The first-order chi connectivity index (χ1) is 8.15. The Morgan fingerprint density at radius 2 is 2.18 bits per heavy atom. The molecular formula is C15H21NO. The van der Waals surface area contributed by atoms with Crippen molar-refractivity contribution in [1.29, 1.82) is 0 Å². The van der Waals surface area contributed by atoms with Crippen LogP contribution in [0.5, 0.6) is 5.75 Å². The Hall–Kier alpha value is -1.46. The molecular weight excluding hydrogens is 210 g/mol. The predicted molar refractivity (Wildman–Crippen MR) is 72.5 cm³/mol. The van der Waals surface area contributed by atoms with Crippen LogP contribution < -0.4 is 10.1 Å². The fourth-order valence-corrected chi connectivity index (χ4v) is 1.53. The molecule has 0 aliphatic heterocycles. The van der Waals surface area contributed by atoms with Crippen LogP contribution in [0.25, 0.3) is 0 Å². The quantitative estimate of drug-likeness (QED) is 0.600. The first-order valence-corrected chi connectivity index (χ1v) is 6.02. The van der Waals surface area contributed by atoms with Crippen LogP contribution in [0.4, 0.5) is 0 Å². The van der Waals surface area contributed by atoms with Crippen molar-refractivity contribution in [2.75, 3.05) is 19.7 Å². The molecule has 0 saturated heterocycles. The molecule has 0 bridgehead atoms. The van der Waals surface area contributed by atoms with E-state index in [2.05, 4.69) is 50.2 Å². The summed E-state index contributed by atoms with van der Waals surface area (Å²) in [6.07, 6.45) is 5.15. The summed E-state index contributed by atoms with van der Waals surface area (Å²) in [6, 6.07) is 6.39. The van der Waals surface area contributed by atoms with E-state index >= 15 is 0 Å². The third-order valence-electron chi connectivity index (χ3n) is 2.64. The van der Waals surface area contributed by atoms with Crippen molar-refractivity contribution >= 4 is 0 Å². The van der Waals surface area contributed by atoms with E-state index in [1.54, 1.807) is 0 Å². The molecule has 0 amide bonds. The summed E-state index contributed by atoms with van der Waals surface area (Å²) in [7, 11) is 0. The summed E-state index contributed by atoms with van der Waals surface area (Å²) in [5.74, 6) is 4.03. The Balaban J connectivity index is 2.52. The Morgan fingerprint density at radius 3 is 2.82 bits per heavy atom. The minimum Gasteiger partial charge on any atom is -0.492 e. The van der Waals surface area contributed by atoms with Gasteiger partial charge < -0.3 is 10.1 Å². The maximum atomic E-state index is 5.74. The van der Waals surface area contributed by atoms with Gasteiger partial charge in [-0.2, -0.15) is 0 Å². The smallest absolute Gasteiger partial charge is 0.122 e. The van der Waals surface area contributed by atoms with Gasteiger partial charge in [-0.1, -0.05) is 31.9 Å². The summed E-state index contributed by atoms with van der Waals surface area (Å²) in [4.78, 5) is 0. The molecule has 1 rings (SSSR count). The van der Waals surface area contributed by atoms with Gasteiger partial charge in [0.05, 0.1) is 6.54 Å². The lowest BCUT2D eigenvalue weighted by Crippen LogP contribution is -2.21. The SMILES string of the molecule is C#CCNCCOc1cc(C(C)C)ccc1C. The maximum absolute atomic E-state index is 5.74. The van der Waals surface area contributed by atoms with Crippen molar-refractivity contribution in [2.45, 2.75) is 26.7 Å². The highest BCUT2D eigenvalue weighted by Gasteiger charge is 2.04. The molecule has 0 aliphatic rings. The molecule has 1 aromatic carbocycles. The monoisotopic (exact) mass is 231 g/mol. The number of ether oxygens (including phenoxy) is 1. The average molecular weight is 231 g/mol. The summed E-state index contributed by atoms with van der Waals surface area (Å²) in [5.41, 5.74) is 2.48. The fourth-order valence-electron chi connectivity index (χ4n) is 1.53. The van der Waals surface area contributed by atoms with Gasteiger partial charge in [0.1, 0.15) is 12.4 Å². The van der Waals surface area contributed by atoms with Gasteiger partial charge in [0.2, 0.25) is 0 Å². The average Bonchev–Trinajstić information content (AvgIpc) is 2.30. The van der Waals surface area contributed by atoms with E-state index in [1.807, 2.05) is 0 Å². The van der Waals surface area contributed by atoms with Gasteiger partial charge in [0.25, 0.3) is 0 Å². The highest BCUT2D eigenvalue weighted by Crippen LogP contribution is 2.24. The summed E-state index contributed by atoms with van der Waals surface area (Å²) >= 11 is 0. The van der Waals surface area contributed by atoms with Crippen molar-refractivity contribution < 1.29 is 4.74 Å². The predicted octanol–water partition coefficient (Wildman–Crippen LogP) is 2.72. The molecule has 17 heavy (non-hydrogen) atoms. The summed E-state index contributed by atoms with van der Waals surface area (Å²) in [6.45, 7) is 8.44. The minimum absolute atomic E-state index is 0.525. The van der Waals surface area contributed by atoms with Gasteiger partial charge in [-0.25, -0.2) is 0 Å². The molecule has 0 atom stereocenters. The first-order valence-electron chi connectivity index (χ1n) is 6.02. The third kappa shape index (κ3) is 4.50. The molecule has 0 aliphatic carbocycles. The van der Waals surface area contributed by atoms with Gasteiger partial charge in [0.15, 0.2) is 0 Å². The number of terminal acetylenes is 1. The van der Waals surface area contributed by atoms with Crippen LogP contribution in [-0.2, 0) is 0 Å². The number of hydrogen-bond acceptors (Lipinski definition) is 2. The van der Waals surface area contributed by atoms with Crippen molar-refractivity contribution in [3.05, 3.63) is 29.3 Å². The Morgan fingerprint density at radius 1 is 1.41 bits per heavy atom. The summed E-state index contributed by atoms with van der Waals surface area (Å²) in [5, 5.41) is 3.10. The second-order valence-electron chi connectivity index (χ2n) is 4.41. The van der Waals surface area contributed by atoms with Crippen LogP contribution in [0.15, 0.2) is 18.2 Å². The number of rotatable bonds is 6. The topological polar surface area (TPSA) is 21.3 Å². The lowest BCUT2D eigenvalue weighted by molar-refractivity contribution is 0.314. The Labute approximate surface area is 104 Å². The highest BCUT2D eigenvalue weighted by molar-refractivity contribution is 5.37. The van der Waals surface area contributed by atoms with Crippen molar-refractivity contribution in [3.8, 4) is 18.1 Å². The fraction of sp³-hybridized carbons (Fsp3) is 0.467. The minimum atomic E-state index is 0.525. The molecule has 0 unspecified atom stereocenters. The second kappa shape index (κ2) is 6.98. The molecule has 0 fully saturated rings. The van der Waals surface area contributed by atoms with Crippen LogP contribution in [0.2, 0.25) is 0 Å². The lowest BCUT2D eigenvalue weighted by atomic mass is 10.0. The standard InChI is InChI=1S/C15H21NO/c1-5-8-16-9-10-17-15-11-14(12(2)3)7-6-13(15)4/h1,6-7,11-12,16H,8-10H2,2-4H3. The van der Waals surface area contributed by atoms with Gasteiger partial charge >= 0.3 is 0 Å². The molecule has 0 aromatic heterocycles. The number of aryl methyl sites for hydroxylation is 1. The lowest BCUT2D eigenvalue weighted by Gasteiger charge is -2.12. The zero-order valence-corrected chi connectivity index (χ0v) is 10.9. The normalized spacial score (nSPS) is 10.3. The highest BCUT2D eigenvalue weighted by atomic mass is 16.5. The van der Waals surface area contributed by atoms with E-state index in [0.717, 1.165) is 12.3 Å². The van der Waals surface area contributed by atoms with E-state index in [-0.39, 0.29) is 0 Å². The van der Waals surface area contributed by atoms with E-state index in [9.17, 15) is 0 Å². The van der Waals surface area contributed by atoms with Crippen LogP contribution in [0, 0.1) is 19.3 Å². The Bertz CT molecular complexity index is 390. The van der Waals surface area contributed by atoms with Crippen molar-refractivity contribution in [1.82, 2.24) is 5.32 Å². The van der Waals surface area contributed by atoms with Gasteiger partial charge in [0, 0.05) is 6.54 Å². The molecule has 2 heteroatoms. The molecule has 0 spiro atoms. The van der Waals surface area contributed by atoms with E-state index < -0.39 is 0 Å². The zero-order valence-electron chi connectivity index (χ0n) is 10.9. The van der Waals surface area contributed by atoms with Crippen LogP contribution in [0.1, 0.15) is 30.9 Å². The van der Waals surface area contributed by atoms with Crippen LogP contribution >= 0.6 is 0 Å². The molecule has 0 heterocycles. The molecule has 92 valence electrons. The molecule has 0 radical (unpaired) electrons. The van der Waals surface area contributed by atoms with Crippen LogP contribution in [0.3, 0.4) is 0 Å². The van der Waals surface area contributed by atoms with E-state index in [0.29, 0.717) is 19.1 Å². The largest absolute Gasteiger partial charge is 0.492 e. The maximum Gasteiger partial charge on any atom is 0.122 e. The number of benzene rings is 1. The first kappa shape index (κ1) is 13.6. The third-order valence-corrected chi connectivity index (χ3v) is 2.64. The number of hydrogen-bond donors (Lipinski definition) is 1. The number of nitrogens with one attached hydrogen (secondary N) is 1. The molecule has 0 saturated carbocycles. The van der Waals surface area contributed by atoms with Crippen molar-refractivity contribution in [3.63, 3.8) is 0 Å². The van der Waals surface area contributed by atoms with E-state index in [4.69, 9.17) is 11.2 Å². The van der Waals surface area contributed by atoms with E-state index in [1.165, 1.54) is 11.1 Å². The molecule has 2 nitrogen and oxygen atoms in total. The van der Waals surface area contributed by atoms with Crippen LogP contribution in [-0.4, -0.2) is 19.7 Å². The molecule has 1 N–H and O–H groups in total. The summed E-state index contributed by atoms with van der Waals surface area (Å²) < 4.78 is 5.74. The molecule has 1 aromatic rings. The zero-order chi connectivity index (χ0) is 12.7. The van der Waals surface area contributed by atoms with Gasteiger partial charge in [-0.15, -0.1) is 6.42 Å². The second-order valence-corrected chi connectivity index (χ2v) is 4.41. The Kier molecular flexibility index (Phi) is 5.59. The van der Waals surface area contributed by atoms with Gasteiger partial charge in [-0.3, -0.25) is 0 Å².